The lowest BCUT2D eigenvalue weighted by Gasteiger charge is -2.19. The fraction of sp³-hybridized carbons (Fsp3) is 0.304. The molecule has 1 amide bonds. The number of hydrogen-bond donors (Lipinski definition) is 0. The summed E-state index contributed by atoms with van der Waals surface area (Å²) in [5.74, 6) is 0.842. The number of likely N-dealkylation sites (tertiary alicyclic amines) is 1. The fourth-order valence-corrected chi connectivity index (χ4v) is 3.82. The van der Waals surface area contributed by atoms with E-state index < -0.39 is 0 Å². The third kappa shape index (κ3) is 3.40. The fourth-order valence-electron chi connectivity index (χ4n) is 3.82. The Morgan fingerprint density at radius 3 is 2.46 bits per heavy atom. The van der Waals surface area contributed by atoms with Crippen molar-refractivity contribution in [3.05, 3.63) is 64.4 Å². The van der Waals surface area contributed by atoms with Crippen molar-refractivity contribution < 1.29 is 9.53 Å². The minimum absolute atomic E-state index is 0.0231. The number of fused-ring (bicyclic) bond motifs is 1. The molecule has 0 unspecified atom stereocenters. The average molecular weight is 376 g/mol. The van der Waals surface area contributed by atoms with Gasteiger partial charge in [0.1, 0.15) is 12.3 Å². The smallest absolute Gasteiger partial charge is 0.242 e. The number of aryl methyl sites for hydroxylation is 1. The first-order valence-electron chi connectivity index (χ1n) is 9.63. The number of aromatic nitrogens is 1. The number of methoxy groups -OCH3 is 1. The van der Waals surface area contributed by atoms with E-state index in [-0.39, 0.29) is 17.9 Å². The number of ether oxygens (including phenoxy) is 1. The molecule has 28 heavy (non-hydrogen) atoms. The summed E-state index contributed by atoms with van der Waals surface area (Å²) in [6.07, 6.45) is 3.94. The van der Waals surface area contributed by atoms with Crippen molar-refractivity contribution in [3.8, 4) is 16.9 Å². The van der Waals surface area contributed by atoms with E-state index in [0.717, 1.165) is 48.3 Å². The van der Waals surface area contributed by atoms with Crippen molar-refractivity contribution in [2.24, 2.45) is 0 Å². The Balaban J connectivity index is 1.84. The first kappa shape index (κ1) is 18.3. The molecular formula is C23H24N2O3. The standard InChI is InChI=1S/C23H24N2O3/c1-16-5-10-19-21(13-16)25(15-22(26)24-11-3-4-12-24)14-20(23(19)27)17-6-8-18(28-2)9-7-17/h5-10,13-14H,3-4,11-12,15H2,1-2H3. The van der Waals surface area contributed by atoms with Crippen LogP contribution in [0.1, 0.15) is 18.4 Å². The Hall–Kier alpha value is -3.08. The molecule has 5 heteroatoms. The predicted molar refractivity (Wildman–Crippen MR) is 111 cm³/mol. The van der Waals surface area contributed by atoms with Gasteiger partial charge in [-0.1, -0.05) is 18.2 Å². The van der Waals surface area contributed by atoms with E-state index in [1.54, 1.807) is 7.11 Å². The van der Waals surface area contributed by atoms with E-state index in [4.69, 9.17) is 4.74 Å². The molecule has 0 spiro atoms. The van der Waals surface area contributed by atoms with Crippen molar-refractivity contribution >= 4 is 16.8 Å². The zero-order valence-electron chi connectivity index (χ0n) is 16.3. The van der Waals surface area contributed by atoms with E-state index in [9.17, 15) is 9.59 Å². The number of nitrogens with zero attached hydrogens (tertiary/aromatic N) is 2. The zero-order chi connectivity index (χ0) is 19.7. The normalized spacial score (nSPS) is 13.9. The predicted octanol–water partition coefficient (Wildman–Crippen LogP) is 3.61. The quantitative estimate of drug-likeness (QED) is 0.699. The molecule has 0 bridgehead atoms. The Bertz CT molecular complexity index is 1080. The van der Waals surface area contributed by atoms with E-state index in [1.807, 2.05) is 65.1 Å². The third-order valence-corrected chi connectivity index (χ3v) is 5.40. The molecule has 3 aromatic rings. The number of carbonyl (C=O) groups excluding carboxylic acids is 1. The minimum Gasteiger partial charge on any atom is -0.497 e. The van der Waals surface area contributed by atoms with Gasteiger partial charge in [-0.2, -0.15) is 0 Å². The summed E-state index contributed by atoms with van der Waals surface area (Å²) in [5.41, 5.74) is 3.25. The van der Waals surface area contributed by atoms with Crippen LogP contribution in [-0.4, -0.2) is 35.6 Å². The molecular weight excluding hydrogens is 352 g/mol. The lowest BCUT2D eigenvalue weighted by atomic mass is 10.0. The van der Waals surface area contributed by atoms with E-state index >= 15 is 0 Å². The Morgan fingerprint density at radius 2 is 1.79 bits per heavy atom. The van der Waals surface area contributed by atoms with Crippen LogP contribution in [0.15, 0.2) is 53.5 Å². The first-order valence-corrected chi connectivity index (χ1v) is 9.63. The van der Waals surface area contributed by atoms with Crippen LogP contribution < -0.4 is 10.2 Å². The maximum Gasteiger partial charge on any atom is 0.242 e. The second-order valence-corrected chi connectivity index (χ2v) is 7.34. The van der Waals surface area contributed by atoms with Gasteiger partial charge in [0.25, 0.3) is 0 Å². The maximum atomic E-state index is 13.1. The van der Waals surface area contributed by atoms with E-state index in [0.29, 0.717) is 10.9 Å². The van der Waals surface area contributed by atoms with Gasteiger partial charge in [-0.15, -0.1) is 0 Å². The second-order valence-electron chi connectivity index (χ2n) is 7.34. The van der Waals surface area contributed by atoms with Crippen LogP contribution in [0.25, 0.3) is 22.0 Å². The highest BCUT2D eigenvalue weighted by Gasteiger charge is 2.19. The lowest BCUT2D eigenvalue weighted by Crippen LogP contribution is -2.31. The molecule has 1 aromatic heterocycles. The molecule has 2 aromatic carbocycles. The van der Waals surface area contributed by atoms with Crippen molar-refractivity contribution in [3.63, 3.8) is 0 Å². The summed E-state index contributed by atoms with van der Waals surface area (Å²) in [6, 6.07) is 13.2. The van der Waals surface area contributed by atoms with Gasteiger partial charge in [0.05, 0.1) is 12.6 Å². The van der Waals surface area contributed by atoms with Gasteiger partial charge in [-0.05, 0) is 55.2 Å². The van der Waals surface area contributed by atoms with Gasteiger partial charge < -0.3 is 14.2 Å². The molecule has 1 fully saturated rings. The highest BCUT2D eigenvalue weighted by Crippen LogP contribution is 2.23. The summed E-state index contributed by atoms with van der Waals surface area (Å²) in [4.78, 5) is 27.8. The van der Waals surface area contributed by atoms with Crippen LogP contribution >= 0.6 is 0 Å². The molecule has 0 N–H and O–H groups in total. The summed E-state index contributed by atoms with van der Waals surface area (Å²) >= 11 is 0. The topological polar surface area (TPSA) is 51.5 Å². The Kier molecular flexibility index (Phi) is 4.90. The molecule has 0 aliphatic carbocycles. The van der Waals surface area contributed by atoms with E-state index in [2.05, 4.69) is 0 Å². The van der Waals surface area contributed by atoms with E-state index in [1.165, 1.54) is 0 Å². The molecule has 1 saturated heterocycles. The summed E-state index contributed by atoms with van der Waals surface area (Å²) in [5, 5.41) is 0.633. The Morgan fingerprint density at radius 1 is 1.07 bits per heavy atom. The van der Waals surface area contributed by atoms with Crippen LogP contribution in [0.3, 0.4) is 0 Å². The number of amides is 1. The Labute approximate surface area is 164 Å². The van der Waals surface area contributed by atoms with Gasteiger partial charge in [0, 0.05) is 30.2 Å². The van der Waals surface area contributed by atoms with Crippen LogP contribution in [-0.2, 0) is 11.3 Å². The number of rotatable bonds is 4. The minimum atomic E-state index is -0.0231. The number of pyridine rings is 1. The van der Waals surface area contributed by atoms with Gasteiger partial charge >= 0.3 is 0 Å². The average Bonchev–Trinajstić information content (AvgIpc) is 3.25. The second kappa shape index (κ2) is 7.50. The van der Waals surface area contributed by atoms with Gasteiger partial charge in [-0.3, -0.25) is 9.59 Å². The molecule has 144 valence electrons. The summed E-state index contributed by atoms with van der Waals surface area (Å²) in [6.45, 7) is 3.87. The van der Waals surface area contributed by atoms with Crippen LogP contribution in [0.4, 0.5) is 0 Å². The van der Waals surface area contributed by atoms with Crippen molar-refractivity contribution in [2.45, 2.75) is 26.3 Å². The molecule has 0 saturated carbocycles. The van der Waals surface area contributed by atoms with Gasteiger partial charge in [-0.25, -0.2) is 0 Å². The number of benzene rings is 2. The van der Waals surface area contributed by atoms with Crippen molar-refractivity contribution in [1.82, 2.24) is 9.47 Å². The molecule has 0 radical (unpaired) electrons. The zero-order valence-corrected chi connectivity index (χ0v) is 16.3. The van der Waals surface area contributed by atoms with Crippen molar-refractivity contribution in [1.29, 1.82) is 0 Å². The molecule has 0 atom stereocenters. The van der Waals surface area contributed by atoms with Gasteiger partial charge in [0.2, 0.25) is 5.91 Å². The van der Waals surface area contributed by atoms with Gasteiger partial charge in [0.15, 0.2) is 5.43 Å². The first-order chi connectivity index (χ1) is 13.6. The molecule has 1 aliphatic heterocycles. The summed E-state index contributed by atoms with van der Waals surface area (Å²) < 4.78 is 7.14. The molecule has 2 heterocycles. The summed E-state index contributed by atoms with van der Waals surface area (Å²) in [7, 11) is 1.62. The third-order valence-electron chi connectivity index (χ3n) is 5.40. The molecule has 1 aliphatic rings. The maximum absolute atomic E-state index is 13.1. The van der Waals surface area contributed by atoms with Crippen LogP contribution in [0.5, 0.6) is 5.75 Å². The largest absolute Gasteiger partial charge is 0.497 e. The van der Waals surface area contributed by atoms with Crippen molar-refractivity contribution in [2.75, 3.05) is 20.2 Å². The SMILES string of the molecule is COc1ccc(-c2cn(CC(=O)N3CCCC3)c3cc(C)ccc3c2=O)cc1. The monoisotopic (exact) mass is 376 g/mol. The highest BCUT2D eigenvalue weighted by molar-refractivity contribution is 5.86. The van der Waals surface area contributed by atoms with Crippen LogP contribution in [0.2, 0.25) is 0 Å². The molecule has 4 rings (SSSR count). The lowest BCUT2D eigenvalue weighted by molar-refractivity contribution is -0.130. The molecule has 5 nitrogen and oxygen atoms in total. The number of carbonyl (C=O) groups is 1. The van der Waals surface area contributed by atoms with Crippen LogP contribution in [0, 0.1) is 6.92 Å². The highest BCUT2D eigenvalue weighted by atomic mass is 16.5. The number of hydrogen-bond acceptors (Lipinski definition) is 3.